The molecule has 1 saturated carbocycles. The third-order valence-corrected chi connectivity index (χ3v) is 5.12. The third-order valence-electron chi connectivity index (χ3n) is 3.77. The quantitative estimate of drug-likeness (QED) is 0.836. The number of hydrogen-bond donors (Lipinski definition) is 1. The summed E-state index contributed by atoms with van der Waals surface area (Å²) >= 11 is 1.83. The number of aromatic nitrogens is 2. The first-order chi connectivity index (χ1) is 7.28. The fourth-order valence-corrected chi connectivity index (χ4v) is 3.59. The smallest absolute Gasteiger partial charge is 0.134 e. The Labute approximate surface area is 94.3 Å². The summed E-state index contributed by atoms with van der Waals surface area (Å²) in [6, 6.07) is 0.486. The van der Waals surface area contributed by atoms with Gasteiger partial charge in [0.05, 0.1) is 6.04 Å². The molecular weight excluding hydrogens is 206 g/mol. The van der Waals surface area contributed by atoms with Crippen molar-refractivity contribution in [2.75, 3.05) is 6.54 Å². The average molecular weight is 223 g/mol. The van der Waals surface area contributed by atoms with Crippen LogP contribution >= 0.6 is 11.3 Å². The molecule has 4 heteroatoms. The Bertz CT molecular complexity index is 350. The number of nitrogens with zero attached hydrogens (tertiary/aromatic N) is 2. The van der Waals surface area contributed by atoms with Crippen molar-refractivity contribution in [1.82, 2.24) is 15.5 Å². The third kappa shape index (κ3) is 1.60. The van der Waals surface area contributed by atoms with E-state index in [4.69, 9.17) is 0 Å². The summed E-state index contributed by atoms with van der Waals surface area (Å²) in [6.45, 7) is 3.46. The maximum absolute atomic E-state index is 4.38. The fourth-order valence-electron chi connectivity index (χ4n) is 2.44. The Kier molecular flexibility index (Phi) is 2.29. The van der Waals surface area contributed by atoms with Gasteiger partial charge in [0.2, 0.25) is 0 Å². The van der Waals surface area contributed by atoms with Crippen LogP contribution in [0.25, 0.3) is 0 Å². The summed E-state index contributed by atoms with van der Waals surface area (Å²) in [7, 11) is 0. The number of hydrogen-bond acceptors (Lipinski definition) is 4. The topological polar surface area (TPSA) is 37.8 Å². The predicted molar refractivity (Wildman–Crippen MR) is 61.1 cm³/mol. The molecule has 0 spiro atoms. The van der Waals surface area contributed by atoms with Crippen LogP contribution < -0.4 is 5.32 Å². The van der Waals surface area contributed by atoms with Crippen LogP contribution in [-0.2, 0) is 5.41 Å². The molecule has 3 rings (SSSR count). The van der Waals surface area contributed by atoms with Gasteiger partial charge in [0, 0.05) is 5.41 Å². The first-order valence-electron chi connectivity index (χ1n) is 5.85. The molecule has 3 nitrogen and oxygen atoms in total. The van der Waals surface area contributed by atoms with E-state index in [1.165, 1.54) is 42.1 Å². The molecule has 0 aromatic carbocycles. The molecule has 1 aromatic rings. The highest BCUT2D eigenvalue weighted by Gasteiger charge is 2.37. The summed E-state index contributed by atoms with van der Waals surface area (Å²) in [6.07, 6.45) is 6.44. The van der Waals surface area contributed by atoms with Crippen LogP contribution in [0.5, 0.6) is 0 Å². The Balaban J connectivity index is 1.80. The lowest BCUT2D eigenvalue weighted by Gasteiger charge is -2.35. The van der Waals surface area contributed by atoms with Crippen molar-refractivity contribution in [2.45, 2.75) is 50.5 Å². The molecule has 0 amide bonds. The minimum absolute atomic E-state index is 0.356. The lowest BCUT2D eigenvalue weighted by atomic mass is 9.71. The average Bonchev–Trinajstić information content (AvgIpc) is 2.84. The van der Waals surface area contributed by atoms with Gasteiger partial charge in [-0.2, -0.15) is 0 Å². The number of nitrogens with one attached hydrogen (secondary N) is 1. The van der Waals surface area contributed by atoms with E-state index in [2.05, 4.69) is 22.4 Å². The van der Waals surface area contributed by atoms with Gasteiger partial charge < -0.3 is 5.32 Å². The second-order valence-corrected chi connectivity index (χ2v) is 6.02. The zero-order valence-corrected chi connectivity index (χ0v) is 9.94. The molecule has 1 aliphatic heterocycles. The molecule has 1 saturated heterocycles. The van der Waals surface area contributed by atoms with Crippen molar-refractivity contribution in [1.29, 1.82) is 0 Å². The van der Waals surface area contributed by atoms with E-state index in [9.17, 15) is 0 Å². The van der Waals surface area contributed by atoms with Gasteiger partial charge in [0.15, 0.2) is 0 Å². The first-order valence-corrected chi connectivity index (χ1v) is 6.67. The van der Waals surface area contributed by atoms with E-state index in [-0.39, 0.29) is 0 Å². The van der Waals surface area contributed by atoms with Gasteiger partial charge in [0.25, 0.3) is 0 Å². The Morgan fingerprint density at radius 2 is 2.20 bits per heavy atom. The summed E-state index contributed by atoms with van der Waals surface area (Å²) in [5.41, 5.74) is 0.356. The van der Waals surface area contributed by atoms with Gasteiger partial charge in [-0.1, -0.05) is 24.7 Å². The largest absolute Gasteiger partial charge is 0.308 e. The van der Waals surface area contributed by atoms with Gasteiger partial charge in [0.1, 0.15) is 10.0 Å². The Morgan fingerprint density at radius 1 is 1.33 bits per heavy atom. The molecule has 0 bridgehead atoms. The van der Waals surface area contributed by atoms with Crippen molar-refractivity contribution in [3.05, 3.63) is 10.0 Å². The van der Waals surface area contributed by atoms with Crippen LogP contribution in [-0.4, -0.2) is 16.7 Å². The summed E-state index contributed by atoms with van der Waals surface area (Å²) in [5, 5.41) is 14.7. The van der Waals surface area contributed by atoms with Crippen molar-refractivity contribution in [3.63, 3.8) is 0 Å². The highest BCUT2D eigenvalue weighted by Crippen LogP contribution is 2.44. The van der Waals surface area contributed by atoms with Gasteiger partial charge in [-0.3, -0.25) is 0 Å². The van der Waals surface area contributed by atoms with Crippen LogP contribution in [0.4, 0.5) is 0 Å². The minimum Gasteiger partial charge on any atom is -0.308 e. The molecule has 1 N–H and O–H groups in total. The minimum atomic E-state index is 0.356. The molecule has 1 unspecified atom stereocenters. The lowest BCUT2D eigenvalue weighted by molar-refractivity contribution is 0.269. The molecular formula is C11H17N3S. The van der Waals surface area contributed by atoms with Gasteiger partial charge in [-0.25, -0.2) is 0 Å². The van der Waals surface area contributed by atoms with Gasteiger partial charge in [-0.05, 0) is 32.2 Å². The van der Waals surface area contributed by atoms with Crippen LogP contribution in [0.3, 0.4) is 0 Å². The molecule has 1 atom stereocenters. The number of rotatable bonds is 2. The van der Waals surface area contributed by atoms with E-state index in [1.807, 2.05) is 11.3 Å². The predicted octanol–water partition coefficient (Wildman–Crippen LogP) is 2.40. The highest BCUT2D eigenvalue weighted by atomic mass is 32.1. The van der Waals surface area contributed by atoms with Crippen molar-refractivity contribution >= 4 is 11.3 Å². The monoisotopic (exact) mass is 223 g/mol. The summed E-state index contributed by atoms with van der Waals surface area (Å²) < 4.78 is 0. The van der Waals surface area contributed by atoms with Crippen LogP contribution in [0, 0.1) is 0 Å². The molecule has 2 heterocycles. The van der Waals surface area contributed by atoms with Crippen LogP contribution in [0.1, 0.15) is 55.1 Å². The normalized spacial score (nSPS) is 29.0. The van der Waals surface area contributed by atoms with Crippen molar-refractivity contribution in [2.24, 2.45) is 0 Å². The van der Waals surface area contributed by atoms with Crippen LogP contribution in [0.15, 0.2) is 0 Å². The SMILES string of the molecule is CC1(c2nnc(C3CCCN3)s2)CCC1. The molecule has 1 aromatic heterocycles. The van der Waals surface area contributed by atoms with E-state index in [1.54, 1.807) is 0 Å². The summed E-state index contributed by atoms with van der Waals surface area (Å²) in [4.78, 5) is 0. The molecule has 2 aliphatic rings. The zero-order valence-electron chi connectivity index (χ0n) is 9.12. The van der Waals surface area contributed by atoms with Crippen molar-refractivity contribution < 1.29 is 0 Å². The Morgan fingerprint density at radius 3 is 2.80 bits per heavy atom. The maximum atomic E-state index is 4.38. The van der Waals surface area contributed by atoms with E-state index in [0.717, 1.165) is 6.54 Å². The molecule has 15 heavy (non-hydrogen) atoms. The van der Waals surface area contributed by atoms with E-state index >= 15 is 0 Å². The second kappa shape index (κ2) is 3.52. The fraction of sp³-hybridized carbons (Fsp3) is 0.818. The van der Waals surface area contributed by atoms with E-state index < -0.39 is 0 Å². The molecule has 2 fully saturated rings. The highest BCUT2D eigenvalue weighted by molar-refractivity contribution is 7.11. The Hall–Kier alpha value is -0.480. The second-order valence-electron chi connectivity index (χ2n) is 5.01. The first kappa shape index (κ1) is 9.73. The standard InChI is InChI=1S/C11H17N3S/c1-11(5-3-6-11)10-14-13-9(15-10)8-4-2-7-12-8/h8,12H,2-7H2,1H3. The molecule has 82 valence electrons. The van der Waals surface area contributed by atoms with Crippen LogP contribution in [0.2, 0.25) is 0 Å². The lowest BCUT2D eigenvalue weighted by Crippen LogP contribution is -2.30. The van der Waals surface area contributed by atoms with E-state index in [0.29, 0.717) is 11.5 Å². The molecule has 0 radical (unpaired) electrons. The van der Waals surface area contributed by atoms with Gasteiger partial charge >= 0.3 is 0 Å². The summed E-state index contributed by atoms with van der Waals surface area (Å²) in [5.74, 6) is 0. The van der Waals surface area contributed by atoms with Crippen molar-refractivity contribution in [3.8, 4) is 0 Å². The maximum Gasteiger partial charge on any atom is 0.134 e. The zero-order chi connectivity index (χ0) is 10.3. The van der Waals surface area contributed by atoms with Gasteiger partial charge in [-0.15, -0.1) is 10.2 Å². The molecule has 1 aliphatic carbocycles.